The van der Waals surface area contributed by atoms with Crippen LogP contribution >= 0.6 is 11.6 Å². The lowest BCUT2D eigenvalue weighted by molar-refractivity contribution is -0.876. The molecule has 2 rings (SSSR count). The lowest BCUT2D eigenvalue weighted by Gasteiger charge is -2.21. The molecular formula is C12H16ClN3O2. The zero-order chi connectivity index (χ0) is 13.1. The molecule has 1 aliphatic rings. The lowest BCUT2D eigenvalue weighted by Crippen LogP contribution is -3.09. The number of nitrogens with one attached hydrogen (secondary N) is 1. The maximum Gasteiger partial charge on any atom is 0.129 e. The van der Waals surface area contributed by atoms with Crippen molar-refractivity contribution in [3.8, 4) is 0 Å². The zero-order valence-corrected chi connectivity index (χ0v) is 11.0. The van der Waals surface area contributed by atoms with Crippen LogP contribution < -0.4 is 14.9 Å². The molecule has 1 atom stereocenters. The summed E-state index contributed by atoms with van der Waals surface area (Å²) in [6, 6.07) is 3.33. The quantitative estimate of drug-likeness (QED) is 0.735. The van der Waals surface area contributed by atoms with Gasteiger partial charge < -0.3 is 19.7 Å². The summed E-state index contributed by atoms with van der Waals surface area (Å²) in [6.07, 6.45) is 1.07. The molecule has 5 nitrogen and oxygen atoms in total. The standard InChI is InChI=1S/C12H16ClN3O2/c1-15-5-2-6-16(8-7-15)10-4-3-9(13)11(14-10)12(17)18/h3-4H,2,5-8H2,1H3,(H,17,18). The monoisotopic (exact) mass is 269 g/mol. The fourth-order valence-corrected chi connectivity index (χ4v) is 2.30. The van der Waals surface area contributed by atoms with Crippen molar-refractivity contribution in [2.45, 2.75) is 6.42 Å². The normalized spacial score (nSPS) is 20.6. The van der Waals surface area contributed by atoms with E-state index in [4.69, 9.17) is 11.6 Å². The Bertz CT molecular complexity index is 453. The number of quaternary nitrogens is 1. The third-order valence-electron chi connectivity index (χ3n) is 3.19. The summed E-state index contributed by atoms with van der Waals surface area (Å²) in [6.45, 7) is 3.90. The minimum absolute atomic E-state index is 0.122. The van der Waals surface area contributed by atoms with Gasteiger partial charge in [0.2, 0.25) is 0 Å². The number of carboxylic acids is 1. The number of hydrogen-bond donors (Lipinski definition) is 1. The molecule has 1 fully saturated rings. The predicted molar refractivity (Wildman–Crippen MR) is 67.0 cm³/mol. The molecule has 0 amide bonds. The van der Waals surface area contributed by atoms with E-state index in [2.05, 4.69) is 16.9 Å². The first-order valence-corrected chi connectivity index (χ1v) is 6.40. The van der Waals surface area contributed by atoms with Crippen LogP contribution in [0.1, 0.15) is 16.9 Å². The maximum atomic E-state index is 10.9. The second kappa shape index (κ2) is 5.54. The number of carboxylic acid groups (broad SMARTS) is 1. The Morgan fingerprint density at radius 2 is 2.22 bits per heavy atom. The topological polar surface area (TPSA) is 60.7 Å². The van der Waals surface area contributed by atoms with Crippen LogP contribution in [0, 0.1) is 0 Å². The minimum atomic E-state index is -1.33. The third-order valence-corrected chi connectivity index (χ3v) is 3.49. The van der Waals surface area contributed by atoms with E-state index in [0.717, 1.165) is 32.6 Å². The zero-order valence-electron chi connectivity index (χ0n) is 10.3. The fourth-order valence-electron chi connectivity index (χ4n) is 2.11. The van der Waals surface area contributed by atoms with Gasteiger partial charge in [-0.1, -0.05) is 11.6 Å². The number of carbonyl (C=O) groups excluding carboxylic acids is 1. The molecule has 2 heterocycles. The molecule has 0 spiro atoms. The van der Waals surface area contributed by atoms with Gasteiger partial charge in [-0.05, 0) is 12.1 Å². The van der Waals surface area contributed by atoms with Crippen LogP contribution in [-0.2, 0) is 0 Å². The lowest BCUT2D eigenvalue weighted by atomic mass is 10.3. The van der Waals surface area contributed by atoms with Gasteiger partial charge in [0, 0.05) is 13.0 Å². The van der Waals surface area contributed by atoms with Crippen molar-refractivity contribution in [3.05, 3.63) is 22.8 Å². The van der Waals surface area contributed by atoms with Crippen LogP contribution in [0.2, 0.25) is 5.02 Å². The van der Waals surface area contributed by atoms with Crippen LogP contribution in [0.4, 0.5) is 5.82 Å². The highest BCUT2D eigenvalue weighted by Gasteiger charge is 2.16. The van der Waals surface area contributed by atoms with Crippen LogP contribution in [0.3, 0.4) is 0 Å². The van der Waals surface area contributed by atoms with E-state index in [1.165, 1.54) is 4.90 Å². The summed E-state index contributed by atoms with van der Waals surface area (Å²) in [7, 11) is 2.16. The van der Waals surface area contributed by atoms with Crippen molar-refractivity contribution in [1.29, 1.82) is 0 Å². The molecule has 1 aliphatic heterocycles. The van der Waals surface area contributed by atoms with Crippen LogP contribution in [-0.4, -0.2) is 44.2 Å². The van der Waals surface area contributed by atoms with Gasteiger partial charge in [0.15, 0.2) is 0 Å². The molecule has 98 valence electrons. The Hall–Kier alpha value is -1.33. The molecule has 0 bridgehead atoms. The van der Waals surface area contributed by atoms with Crippen molar-refractivity contribution in [2.75, 3.05) is 38.1 Å². The second-order valence-corrected chi connectivity index (χ2v) is 4.99. The van der Waals surface area contributed by atoms with E-state index in [1.54, 1.807) is 12.1 Å². The molecule has 1 unspecified atom stereocenters. The maximum absolute atomic E-state index is 10.9. The SMILES string of the molecule is C[NH+]1CCCN(c2ccc(Cl)c(C(=O)[O-])n2)CC1. The Labute approximate surface area is 111 Å². The highest BCUT2D eigenvalue weighted by molar-refractivity contribution is 6.33. The third kappa shape index (κ3) is 2.91. The van der Waals surface area contributed by atoms with Gasteiger partial charge in [-0.2, -0.15) is 0 Å². The Morgan fingerprint density at radius 3 is 2.94 bits per heavy atom. The van der Waals surface area contributed by atoms with Crippen molar-refractivity contribution >= 4 is 23.4 Å². The summed E-state index contributed by atoms with van der Waals surface area (Å²) in [5, 5.41) is 11.0. The molecule has 6 heteroatoms. The van der Waals surface area contributed by atoms with E-state index >= 15 is 0 Å². The Kier molecular flexibility index (Phi) is 4.04. The van der Waals surface area contributed by atoms with E-state index in [-0.39, 0.29) is 10.7 Å². The van der Waals surface area contributed by atoms with Gasteiger partial charge in [0.1, 0.15) is 11.5 Å². The summed E-state index contributed by atoms with van der Waals surface area (Å²) < 4.78 is 0. The molecule has 0 radical (unpaired) electrons. The molecule has 1 aromatic heterocycles. The summed E-state index contributed by atoms with van der Waals surface area (Å²) in [4.78, 5) is 18.6. The number of anilines is 1. The number of pyridine rings is 1. The van der Waals surface area contributed by atoms with Crippen molar-refractivity contribution in [3.63, 3.8) is 0 Å². The average Bonchev–Trinajstić information content (AvgIpc) is 2.54. The van der Waals surface area contributed by atoms with Crippen LogP contribution in [0.5, 0.6) is 0 Å². The first kappa shape index (κ1) is 13.1. The molecule has 1 saturated heterocycles. The smallest absolute Gasteiger partial charge is 0.129 e. The number of aromatic nitrogens is 1. The molecule has 1 aromatic rings. The number of halogens is 1. The number of hydrogen-bond acceptors (Lipinski definition) is 4. The minimum Gasteiger partial charge on any atom is -0.543 e. The largest absolute Gasteiger partial charge is 0.543 e. The number of nitrogens with zero attached hydrogens (tertiary/aromatic N) is 2. The molecule has 0 saturated carbocycles. The van der Waals surface area contributed by atoms with Gasteiger partial charge in [-0.15, -0.1) is 0 Å². The number of aromatic carboxylic acids is 1. The number of carbonyl (C=O) groups is 1. The van der Waals surface area contributed by atoms with E-state index in [0.29, 0.717) is 5.82 Å². The fraction of sp³-hybridized carbons (Fsp3) is 0.500. The molecule has 1 N–H and O–H groups in total. The molecule has 18 heavy (non-hydrogen) atoms. The molecule has 0 aromatic carbocycles. The van der Waals surface area contributed by atoms with Gasteiger partial charge >= 0.3 is 0 Å². The Balaban J connectivity index is 2.22. The highest BCUT2D eigenvalue weighted by Crippen LogP contribution is 2.19. The van der Waals surface area contributed by atoms with Gasteiger partial charge in [0.25, 0.3) is 0 Å². The van der Waals surface area contributed by atoms with Crippen molar-refractivity contribution in [1.82, 2.24) is 4.98 Å². The average molecular weight is 270 g/mol. The summed E-state index contributed by atoms with van der Waals surface area (Å²) >= 11 is 5.78. The van der Waals surface area contributed by atoms with Crippen LogP contribution in [0.25, 0.3) is 0 Å². The van der Waals surface area contributed by atoms with Crippen molar-refractivity contribution in [2.24, 2.45) is 0 Å². The molecule has 0 aliphatic carbocycles. The van der Waals surface area contributed by atoms with Crippen LogP contribution in [0.15, 0.2) is 12.1 Å². The first-order valence-electron chi connectivity index (χ1n) is 6.02. The first-order chi connectivity index (χ1) is 8.58. The summed E-state index contributed by atoms with van der Waals surface area (Å²) in [5.74, 6) is -0.673. The van der Waals surface area contributed by atoms with Crippen molar-refractivity contribution < 1.29 is 14.8 Å². The Morgan fingerprint density at radius 1 is 1.44 bits per heavy atom. The van der Waals surface area contributed by atoms with E-state index in [9.17, 15) is 9.90 Å². The van der Waals surface area contributed by atoms with E-state index < -0.39 is 5.97 Å². The van der Waals surface area contributed by atoms with Gasteiger partial charge in [-0.3, -0.25) is 0 Å². The second-order valence-electron chi connectivity index (χ2n) is 4.59. The molecular weight excluding hydrogens is 254 g/mol. The van der Waals surface area contributed by atoms with E-state index in [1.807, 2.05) is 0 Å². The highest BCUT2D eigenvalue weighted by atomic mass is 35.5. The predicted octanol–water partition coefficient (Wildman–Crippen LogP) is -1.18. The summed E-state index contributed by atoms with van der Waals surface area (Å²) in [5.41, 5.74) is -0.181. The number of rotatable bonds is 2. The number of likely N-dealkylation sites (N-methyl/N-ethyl adjacent to an activating group) is 1. The van der Waals surface area contributed by atoms with Gasteiger partial charge in [0.05, 0.1) is 37.7 Å². The van der Waals surface area contributed by atoms with Gasteiger partial charge in [-0.25, -0.2) is 4.98 Å².